The molecule has 3 heterocycles. The summed E-state index contributed by atoms with van der Waals surface area (Å²) in [4.78, 5) is 13.8. The van der Waals surface area contributed by atoms with Gasteiger partial charge >= 0.3 is 0 Å². The van der Waals surface area contributed by atoms with Crippen LogP contribution in [-0.4, -0.2) is 49.1 Å². The van der Waals surface area contributed by atoms with E-state index in [-0.39, 0.29) is 0 Å². The van der Waals surface area contributed by atoms with Crippen LogP contribution in [-0.2, 0) is 6.54 Å². The number of nitrogens with zero attached hydrogens (tertiary/aromatic N) is 4. The van der Waals surface area contributed by atoms with Crippen molar-refractivity contribution in [3.63, 3.8) is 0 Å². The van der Waals surface area contributed by atoms with Crippen LogP contribution in [0.1, 0.15) is 38.2 Å². The molecule has 126 valence electrons. The number of aliphatic imine (C=N–C) groups is 1. The highest BCUT2D eigenvalue weighted by atomic mass is 15.3. The summed E-state index contributed by atoms with van der Waals surface area (Å²) in [6.07, 6.45) is 7.08. The normalized spacial score (nSPS) is 20.2. The van der Waals surface area contributed by atoms with Crippen molar-refractivity contribution in [1.82, 2.24) is 15.2 Å². The van der Waals surface area contributed by atoms with Gasteiger partial charge in [0.2, 0.25) is 0 Å². The highest BCUT2D eigenvalue weighted by Crippen LogP contribution is 2.18. The van der Waals surface area contributed by atoms with Gasteiger partial charge in [0.1, 0.15) is 5.82 Å². The molecular weight excluding hydrogens is 286 g/mol. The Kier molecular flexibility index (Phi) is 5.36. The maximum absolute atomic E-state index is 4.62. The smallest absolute Gasteiger partial charge is 0.193 e. The van der Waals surface area contributed by atoms with Gasteiger partial charge < -0.3 is 15.1 Å². The molecule has 2 aliphatic heterocycles. The van der Waals surface area contributed by atoms with Crippen LogP contribution in [0.4, 0.5) is 5.82 Å². The maximum Gasteiger partial charge on any atom is 0.193 e. The van der Waals surface area contributed by atoms with E-state index in [0.29, 0.717) is 0 Å². The summed E-state index contributed by atoms with van der Waals surface area (Å²) >= 11 is 0. The predicted octanol–water partition coefficient (Wildman–Crippen LogP) is 2.49. The van der Waals surface area contributed by atoms with E-state index < -0.39 is 0 Å². The summed E-state index contributed by atoms with van der Waals surface area (Å²) in [6, 6.07) is 4.33. The molecule has 5 nitrogen and oxygen atoms in total. The van der Waals surface area contributed by atoms with E-state index in [4.69, 9.17) is 0 Å². The van der Waals surface area contributed by atoms with Gasteiger partial charge in [0, 0.05) is 46.0 Å². The quantitative estimate of drug-likeness (QED) is 0.687. The van der Waals surface area contributed by atoms with Gasteiger partial charge in [0.05, 0.1) is 0 Å². The third kappa shape index (κ3) is 4.15. The van der Waals surface area contributed by atoms with Crippen LogP contribution in [0, 0.1) is 5.92 Å². The molecule has 0 bridgehead atoms. The molecule has 2 fully saturated rings. The van der Waals surface area contributed by atoms with Crippen molar-refractivity contribution in [2.45, 2.75) is 39.2 Å². The molecule has 5 heteroatoms. The Bertz CT molecular complexity index is 511. The average molecular weight is 315 g/mol. The first-order valence-electron chi connectivity index (χ1n) is 8.92. The number of rotatable bonds is 3. The first-order chi connectivity index (χ1) is 11.3. The van der Waals surface area contributed by atoms with Crippen LogP contribution in [0.15, 0.2) is 23.3 Å². The molecule has 1 aromatic rings. The lowest BCUT2D eigenvalue weighted by atomic mass is 10.00. The van der Waals surface area contributed by atoms with Crippen LogP contribution in [0.2, 0.25) is 0 Å². The fourth-order valence-electron chi connectivity index (χ4n) is 3.39. The average Bonchev–Trinajstić information content (AvgIpc) is 3.12. The number of piperidine rings is 1. The van der Waals surface area contributed by atoms with Gasteiger partial charge in [-0.15, -0.1) is 0 Å². The zero-order valence-corrected chi connectivity index (χ0v) is 14.5. The Morgan fingerprint density at radius 3 is 2.57 bits per heavy atom. The second-order valence-electron chi connectivity index (χ2n) is 6.79. The minimum atomic E-state index is 0.784. The van der Waals surface area contributed by atoms with Gasteiger partial charge in [0.25, 0.3) is 0 Å². The monoisotopic (exact) mass is 315 g/mol. The maximum atomic E-state index is 4.62. The molecule has 2 saturated heterocycles. The van der Waals surface area contributed by atoms with E-state index in [2.05, 4.69) is 44.1 Å². The summed E-state index contributed by atoms with van der Waals surface area (Å²) in [6.45, 7) is 7.61. The van der Waals surface area contributed by atoms with Crippen LogP contribution in [0.5, 0.6) is 0 Å². The van der Waals surface area contributed by atoms with Gasteiger partial charge in [-0.25, -0.2) is 4.98 Å². The number of likely N-dealkylation sites (tertiary alicyclic amines) is 1. The summed E-state index contributed by atoms with van der Waals surface area (Å²) in [5, 5.41) is 3.48. The molecule has 1 N–H and O–H groups in total. The van der Waals surface area contributed by atoms with Gasteiger partial charge in [-0.1, -0.05) is 13.0 Å². The number of aromatic nitrogens is 1. The molecular formula is C18H29N5. The Morgan fingerprint density at radius 1 is 1.22 bits per heavy atom. The van der Waals surface area contributed by atoms with Crippen molar-refractivity contribution < 1.29 is 0 Å². The summed E-state index contributed by atoms with van der Waals surface area (Å²) in [5.74, 6) is 2.97. The van der Waals surface area contributed by atoms with Crippen LogP contribution < -0.4 is 10.2 Å². The number of nitrogens with one attached hydrogen (secondary N) is 1. The molecule has 0 unspecified atom stereocenters. The summed E-state index contributed by atoms with van der Waals surface area (Å²) in [7, 11) is 1.87. The Balaban J connectivity index is 1.52. The molecule has 0 saturated carbocycles. The largest absolute Gasteiger partial charge is 0.357 e. The third-order valence-corrected chi connectivity index (χ3v) is 4.98. The molecule has 0 aliphatic carbocycles. The molecule has 0 amide bonds. The summed E-state index contributed by atoms with van der Waals surface area (Å²) < 4.78 is 0. The first kappa shape index (κ1) is 16.1. The van der Waals surface area contributed by atoms with E-state index in [0.717, 1.165) is 50.4 Å². The second kappa shape index (κ2) is 7.66. The third-order valence-electron chi connectivity index (χ3n) is 4.98. The first-order valence-corrected chi connectivity index (χ1v) is 8.92. The zero-order chi connectivity index (χ0) is 16.1. The lowest BCUT2D eigenvalue weighted by Crippen LogP contribution is -2.45. The van der Waals surface area contributed by atoms with Crippen molar-refractivity contribution in [3.05, 3.63) is 23.9 Å². The summed E-state index contributed by atoms with van der Waals surface area (Å²) in [5.41, 5.74) is 1.21. The van der Waals surface area contributed by atoms with Gasteiger partial charge in [-0.3, -0.25) is 4.99 Å². The standard InChI is InChI=1S/C18H29N5/c1-15-7-11-23(12-8-15)18(19-2)21-14-16-5-6-17(20-13-16)22-9-3-4-10-22/h5-6,13,15H,3-4,7-12,14H2,1-2H3,(H,19,21). The van der Waals surface area contributed by atoms with Crippen LogP contribution in [0.25, 0.3) is 0 Å². The van der Waals surface area contributed by atoms with E-state index in [9.17, 15) is 0 Å². The van der Waals surface area contributed by atoms with E-state index in [1.165, 1.54) is 31.2 Å². The van der Waals surface area contributed by atoms with E-state index in [1.54, 1.807) is 0 Å². The van der Waals surface area contributed by atoms with E-state index >= 15 is 0 Å². The van der Waals surface area contributed by atoms with Gasteiger partial charge in [-0.2, -0.15) is 0 Å². The number of hydrogen-bond acceptors (Lipinski definition) is 3. The topological polar surface area (TPSA) is 43.8 Å². The van der Waals surface area contributed by atoms with Crippen molar-refractivity contribution in [2.24, 2.45) is 10.9 Å². The molecule has 0 radical (unpaired) electrons. The SMILES string of the molecule is CN=C(NCc1ccc(N2CCCC2)nc1)N1CCC(C)CC1. The van der Waals surface area contributed by atoms with Gasteiger partial charge in [-0.05, 0) is 43.2 Å². The highest BCUT2D eigenvalue weighted by molar-refractivity contribution is 5.79. The van der Waals surface area contributed by atoms with E-state index in [1.807, 2.05) is 13.2 Å². The fraction of sp³-hybridized carbons (Fsp3) is 0.667. The number of pyridine rings is 1. The van der Waals surface area contributed by atoms with Crippen LogP contribution in [0.3, 0.4) is 0 Å². The zero-order valence-electron chi connectivity index (χ0n) is 14.5. The molecule has 2 aliphatic rings. The lowest BCUT2D eigenvalue weighted by molar-refractivity contribution is 0.273. The number of hydrogen-bond donors (Lipinski definition) is 1. The van der Waals surface area contributed by atoms with Crippen molar-refractivity contribution in [1.29, 1.82) is 0 Å². The number of guanidine groups is 1. The number of anilines is 1. The molecule has 0 aromatic carbocycles. The van der Waals surface area contributed by atoms with Crippen molar-refractivity contribution in [3.8, 4) is 0 Å². The Hall–Kier alpha value is -1.78. The van der Waals surface area contributed by atoms with Gasteiger partial charge in [0.15, 0.2) is 5.96 Å². The minimum Gasteiger partial charge on any atom is -0.357 e. The predicted molar refractivity (Wildman–Crippen MR) is 95.9 cm³/mol. The fourth-order valence-corrected chi connectivity index (χ4v) is 3.39. The second-order valence-corrected chi connectivity index (χ2v) is 6.79. The Morgan fingerprint density at radius 2 is 1.96 bits per heavy atom. The van der Waals surface area contributed by atoms with Crippen LogP contribution >= 0.6 is 0 Å². The molecule has 1 aromatic heterocycles. The highest BCUT2D eigenvalue weighted by Gasteiger charge is 2.18. The van der Waals surface area contributed by atoms with Crippen molar-refractivity contribution >= 4 is 11.8 Å². The lowest BCUT2D eigenvalue weighted by Gasteiger charge is -2.32. The molecule has 23 heavy (non-hydrogen) atoms. The minimum absolute atomic E-state index is 0.784. The molecule has 3 rings (SSSR count). The van der Waals surface area contributed by atoms with Crippen molar-refractivity contribution in [2.75, 3.05) is 38.1 Å². The molecule has 0 atom stereocenters. The Labute approximate surface area is 139 Å². The molecule has 0 spiro atoms.